The highest BCUT2D eigenvalue weighted by molar-refractivity contribution is 5.95. The summed E-state index contributed by atoms with van der Waals surface area (Å²) in [7, 11) is 0. The van der Waals surface area contributed by atoms with Crippen LogP contribution in [0.25, 0.3) is 0 Å². The van der Waals surface area contributed by atoms with Gasteiger partial charge in [0.2, 0.25) is 0 Å². The molecule has 4 nitrogen and oxygen atoms in total. The van der Waals surface area contributed by atoms with Crippen molar-refractivity contribution in [1.82, 2.24) is 15.1 Å². The van der Waals surface area contributed by atoms with Gasteiger partial charge in [0.15, 0.2) is 0 Å². The van der Waals surface area contributed by atoms with E-state index in [9.17, 15) is 4.79 Å². The van der Waals surface area contributed by atoms with Crippen molar-refractivity contribution in [2.24, 2.45) is 5.41 Å². The quantitative estimate of drug-likeness (QED) is 0.760. The van der Waals surface area contributed by atoms with Gasteiger partial charge in [-0.2, -0.15) is 5.10 Å². The lowest BCUT2D eigenvalue weighted by Crippen LogP contribution is -2.30. The van der Waals surface area contributed by atoms with E-state index in [1.54, 1.807) is 6.20 Å². The molecule has 4 heteroatoms. The van der Waals surface area contributed by atoms with Crippen molar-refractivity contribution in [3.8, 4) is 0 Å². The van der Waals surface area contributed by atoms with Crippen LogP contribution in [0.5, 0.6) is 0 Å². The van der Waals surface area contributed by atoms with Gasteiger partial charge in [-0.05, 0) is 18.8 Å². The Bertz CT molecular complexity index is 381. The van der Waals surface area contributed by atoms with Crippen molar-refractivity contribution in [2.75, 3.05) is 13.1 Å². The highest BCUT2D eigenvalue weighted by atomic mass is 16.2. The molecule has 1 aromatic rings. The van der Waals surface area contributed by atoms with Gasteiger partial charge in [-0.3, -0.25) is 9.89 Å². The normalized spacial score (nSPS) is 19.5. The molecule has 0 unspecified atom stereocenters. The van der Waals surface area contributed by atoms with Crippen LogP contribution in [0, 0.1) is 12.3 Å². The fourth-order valence-corrected chi connectivity index (χ4v) is 2.03. The average Bonchev–Trinajstić information content (AvgIpc) is 2.71. The minimum absolute atomic E-state index is 0.104. The second-order valence-electron chi connectivity index (χ2n) is 5.03. The Kier molecular flexibility index (Phi) is 2.29. The molecule has 2 heterocycles. The molecule has 1 aromatic heterocycles. The minimum Gasteiger partial charge on any atom is -0.338 e. The molecular formula is C11H17N3O. The van der Waals surface area contributed by atoms with Gasteiger partial charge in [-0.15, -0.1) is 0 Å². The number of aromatic nitrogens is 2. The van der Waals surface area contributed by atoms with Crippen molar-refractivity contribution in [1.29, 1.82) is 0 Å². The van der Waals surface area contributed by atoms with Gasteiger partial charge in [0, 0.05) is 19.3 Å². The zero-order valence-electron chi connectivity index (χ0n) is 9.50. The Morgan fingerprint density at radius 2 is 2.33 bits per heavy atom. The smallest absolute Gasteiger partial charge is 0.257 e. The van der Waals surface area contributed by atoms with Crippen LogP contribution in [0.4, 0.5) is 0 Å². The van der Waals surface area contributed by atoms with Crippen LogP contribution in [0.15, 0.2) is 6.20 Å². The van der Waals surface area contributed by atoms with Crippen molar-refractivity contribution in [3.05, 3.63) is 17.5 Å². The fraction of sp³-hybridized carbons (Fsp3) is 0.636. The summed E-state index contributed by atoms with van der Waals surface area (Å²) in [5.41, 5.74) is 1.74. The van der Waals surface area contributed by atoms with Crippen LogP contribution in [-0.4, -0.2) is 34.1 Å². The minimum atomic E-state index is 0.104. The molecule has 0 saturated carbocycles. The molecule has 1 aliphatic heterocycles. The molecule has 2 rings (SSSR count). The first-order valence-electron chi connectivity index (χ1n) is 5.29. The monoisotopic (exact) mass is 207 g/mol. The van der Waals surface area contributed by atoms with Crippen LogP contribution in [0.2, 0.25) is 0 Å². The molecule has 0 aromatic carbocycles. The molecule has 0 spiro atoms. The van der Waals surface area contributed by atoms with Gasteiger partial charge in [-0.25, -0.2) is 0 Å². The number of likely N-dealkylation sites (tertiary alicyclic amines) is 1. The van der Waals surface area contributed by atoms with E-state index in [-0.39, 0.29) is 11.3 Å². The Balaban J connectivity index is 2.14. The Morgan fingerprint density at radius 1 is 1.60 bits per heavy atom. The Hall–Kier alpha value is -1.32. The maximum atomic E-state index is 12.1. The zero-order chi connectivity index (χ0) is 11.1. The third-order valence-corrected chi connectivity index (χ3v) is 3.03. The summed E-state index contributed by atoms with van der Waals surface area (Å²) >= 11 is 0. The van der Waals surface area contributed by atoms with Crippen LogP contribution >= 0.6 is 0 Å². The topological polar surface area (TPSA) is 49.0 Å². The fourth-order valence-electron chi connectivity index (χ4n) is 2.03. The van der Waals surface area contributed by atoms with Crippen LogP contribution < -0.4 is 0 Å². The Labute approximate surface area is 89.7 Å². The van der Waals surface area contributed by atoms with Crippen molar-refractivity contribution >= 4 is 5.91 Å². The van der Waals surface area contributed by atoms with E-state index in [0.717, 1.165) is 25.2 Å². The summed E-state index contributed by atoms with van der Waals surface area (Å²) in [5, 5.41) is 6.70. The predicted molar refractivity (Wildman–Crippen MR) is 57.6 cm³/mol. The maximum Gasteiger partial charge on any atom is 0.257 e. The molecule has 1 N–H and O–H groups in total. The highest BCUT2D eigenvalue weighted by Crippen LogP contribution is 2.29. The number of carbonyl (C=O) groups is 1. The summed E-state index contributed by atoms with van der Waals surface area (Å²) < 4.78 is 0. The number of nitrogens with zero attached hydrogens (tertiary/aromatic N) is 2. The van der Waals surface area contributed by atoms with E-state index in [1.807, 2.05) is 11.8 Å². The van der Waals surface area contributed by atoms with E-state index in [2.05, 4.69) is 24.0 Å². The van der Waals surface area contributed by atoms with Crippen LogP contribution in [0.3, 0.4) is 0 Å². The SMILES string of the molecule is Cc1n[nH]cc1C(=O)N1CCC(C)(C)C1. The molecule has 0 aliphatic carbocycles. The molecule has 0 bridgehead atoms. The number of hydrogen-bond acceptors (Lipinski definition) is 2. The number of rotatable bonds is 1. The molecule has 1 fully saturated rings. The summed E-state index contributed by atoms with van der Waals surface area (Å²) in [6, 6.07) is 0. The maximum absolute atomic E-state index is 12.1. The number of amides is 1. The van der Waals surface area contributed by atoms with Gasteiger partial charge in [-0.1, -0.05) is 13.8 Å². The van der Waals surface area contributed by atoms with Crippen molar-refractivity contribution in [3.63, 3.8) is 0 Å². The molecule has 1 amide bonds. The second-order valence-corrected chi connectivity index (χ2v) is 5.03. The molecule has 15 heavy (non-hydrogen) atoms. The van der Waals surface area contributed by atoms with E-state index in [4.69, 9.17) is 0 Å². The van der Waals surface area contributed by atoms with Gasteiger partial charge in [0.05, 0.1) is 11.3 Å². The van der Waals surface area contributed by atoms with Gasteiger partial charge >= 0.3 is 0 Å². The highest BCUT2D eigenvalue weighted by Gasteiger charge is 2.33. The number of carbonyl (C=O) groups excluding carboxylic acids is 1. The number of H-pyrrole nitrogens is 1. The molecule has 1 aliphatic rings. The average molecular weight is 207 g/mol. The third kappa shape index (κ3) is 1.89. The standard InChI is InChI=1S/C11H17N3O/c1-8-9(6-12-13-8)10(15)14-5-4-11(2,3)7-14/h6H,4-5,7H2,1-3H3,(H,12,13). The molecular weight excluding hydrogens is 190 g/mol. The van der Waals surface area contributed by atoms with E-state index >= 15 is 0 Å². The summed E-state index contributed by atoms with van der Waals surface area (Å²) in [6.07, 6.45) is 2.76. The molecule has 82 valence electrons. The number of hydrogen-bond donors (Lipinski definition) is 1. The van der Waals surface area contributed by atoms with Gasteiger partial charge < -0.3 is 4.90 Å². The van der Waals surface area contributed by atoms with E-state index in [0.29, 0.717) is 5.56 Å². The predicted octanol–water partition coefficient (Wildman–Crippen LogP) is 1.59. The first-order chi connectivity index (χ1) is 6.99. The van der Waals surface area contributed by atoms with E-state index < -0.39 is 0 Å². The second kappa shape index (κ2) is 3.36. The lowest BCUT2D eigenvalue weighted by Gasteiger charge is -2.19. The van der Waals surface area contributed by atoms with Crippen molar-refractivity contribution in [2.45, 2.75) is 27.2 Å². The lowest BCUT2D eigenvalue weighted by atomic mass is 9.93. The first-order valence-corrected chi connectivity index (χ1v) is 5.29. The lowest BCUT2D eigenvalue weighted by molar-refractivity contribution is 0.0777. The molecule has 0 atom stereocenters. The summed E-state index contributed by atoms with van der Waals surface area (Å²) in [5.74, 6) is 0.104. The molecule has 0 radical (unpaired) electrons. The number of nitrogens with one attached hydrogen (secondary N) is 1. The third-order valence-electron chi connectivity index (χ3n) is 3.03. The summed E-state index contributed by atoms with van der Waals surface area (Å²) in [4.78, 5) is 14.0. The first kappa shape index (κ1) is 10.2. The van der Waals surface area contributed by atoms with Gasteiger partial charge in [0.25, 0.3) is 5.91 Å². The van der Waals surface area contributed by atoms with E-state index in [1.165, 1.54) is 0 Å². The summed E-state index contributed by atoms with van der Waals surface area (Å²) in [6.45, 7) is 7.95. The largest absolute Gasteiger partial charge is 0.338 e. The Morgan fingerprint density at radius 3 is 2.80 bits per heavy atom. The van der Waals surface area contributed by atoms with Crippen LogP contribution in [0.1, 0.15) is 36.3 Å². The zero-order valence-corrected chi connectivity index (χ0v) is 9.50. The van der Waals surface area contributed by atoms with Crippen LogP contribution in [-0.2, 0) is 0 Å². The van der Waals surface area contributed by atoms with Crippen molar-refractivity contribution < 1.29 is 4.79 Å². The number of aryl methyl sites for hydroxylation is 1. The molecule has 1 saturated heterocycles. The number of aromatic amines is 1. The van der Waals surface area contributed by atoms with Gasteiger partial charge in [0.1, 0.15) is 0 Å².